The van der Waals surface area contributed by atoms with Crippen molar-refractivity contribution in [1.29, 1.82) is 0 Å². The second-order valence-corrected chi connectivity index (χ2v) is 6.86. The first kappa shape index (κ1) is 14.2. The number of rotatable bonds is 6. The van der Waals surface area contributed by atoms with Crippen molar-refractivity contribution in [2.45, 2.75) is 25.4 Å². The monoisotopic (exact) mass is 306 g/mol. The largest absolute Gasteiger partial charge is 0.481 e. The van der Waals surface area contributed by atoms with Gasteiger partial charge in [-0.1, -0.05) is 0 Å². The summed E-state index contributed by atoms with van der Waals surface area (Å²) in [5.41, 5.74) is 0.340. The molecule has 0 amide bonds. The Balaban J connectivity index is 1.95. The van der Waals surface area contributed by atoms with Crippen molar-refractivity contribution < 1.29 is 23.1 Å². The number of ether oxygens (including phenoxy) is 1. The number of thiazole rings is 1. The molecule has 1 aliphatic heterocycles. The summed E-state index contributed by atoms with van der Waals surface area (Å²) >= 11 is 1.07. The number of carboxylic acid groups (broad SMARTS) is 1. The van der Waals surface area contributed by atoms with E-state index in [4.69, 9.17) is 9.84 Å². The van der Waals surface area contributed by atoms with Gasteiger partial charge < -0.3 is 9.84 Å². The Bertz CT molecular complexity index is 548. The number of nitrogens with zero attached hydrogens (tertiary/aromatic N) is 1. The van der Waals surface area contributed by atoms with Crippen LogP contribution in [0.4, 0.5) is 5.13 Å². The molecular formula is C10H14N2O5S2. The first-order chi connectivity index (χ1) is 8.94. The third-order valence-corrected chi connectivity index (χ3v) is 4.81. The van der Waals surface area contributed by atoms with Crippen molar-refractivity contribution >= 4 is 32.5 Å². The molecule has 1 unspecified atom stereocenters. The molecule has 1 aliphatic rings. The molecule has 0 aliphatic carbocycles. The molecule has 0 saturated carbocycles. The van der Waals surface area contributed by atoms with Gasteiger partial charge in [-0.25, -0.2) is 13.4 Å². The van der Waals surface area contributed by atoms with Gasteiger partial charge in [-0.2, -0.15) is 0 Å². The topological polar surface area (TPSA) is 106 Å². The smallest absolute Gasteiger partial charge is 0.309 e. The highest BCUT2D eigenvalue weighted by Crippen LogP contribution is 2.19. The number of hydrogen-bond donors (Lipinski definition) is 2. The van der Waals surface area contributed by atoms with Crippen molar-refractivity contribution in [3.05, 3.63) is 11.1 Å². The summed E-state index contributed by atoms with van der Waals surface area (Å²) in [4.78, 5) is 14.4. The number of aliphatic carboxylic acids is 1. The molecule has 2 N–H and O–H groups in total. The van der Waals surface area contributed by atoms with E-state index in [1.54, 1.807) is 0 Å². The van der Waals surface area contributed by atoms with Gasteiger partial charge in [0.25, 0.3) is 0 Å². The van der Waals surface area contributed by atoms with Crippen LogP contribution in [0, 0.1) is 0 Å². The fraction of sp³-hybridized carbons (Fsp3) is 0.600. The maximum absolute atomic E-state index is 11.8. The molecule has 1 atom stereocenters. The zero-order valence-corrected chi connectivity index (χ0v) is 11.7. The summed E-state index contributed by atoms with van der Waals surface area (Å²) in [6, 6.07) is 0. The normalized spacial score (nSPS) is 19.5. The van der Waals surface area contributed by atoms with Crippen molar-refractivity contribution in [3.8, 4) is 0 Å². The first-order valence-electron chi connectivity index (χ1n) is 5.73. The van der Waals surface area contributed by atoms with Crippen LogP contribution in [0.1, 0.15) is 18.5 Å². The highest BCUT2D eigenvalue weighted by Gasteiger charge is 2.24. The fourth-order valence-electron chi connectivity index (χ4n) is 1.79. The number of nitrogens with one attached hydrogen (secondary N) is 1. The van der Waals surface area contributed by atoms with Gasteiger partial charge in [-0.05, 0) is 12.8 Å². The van der Waals surface area contributed by atoms with Gasteiger partial charge in [0.1, 0.15) is 0 Å². The second-order valence-electron chi connectivity index (χ2n) is 4.23. The van der Waals surface area contributed by atoms with Crippen LogP contribution in [-0.4, -0.2) is 42.9 Å². The van der Waals surface area contributed by atoms with E-state index < -0.39 is 16.0 Å². The molecule has 0 radical (unpaired) electrons. The zero-order chi connectivity index (χ0) is 13.9. The van der Waals surface area contributed by atoms with Gasteiger partial charge in [0.05, 0.1) is 24.0 Å². The molecule has 0 bridgehead atoms. The van der Waals surface area contributed by atoms with E-state index in [0.29, 0.717) is 12.3 Å². The summed E-state index contributed by atoms with van der Waals surface area (Å²) in [7, 11) is -3.51. The third kappa shape index (κ3) is 4.44. The van der Waals surface area contributed by atoms with E-state index >= 15 is 0 Å². The molecule has 9 heteroatoms. The number of carbonyl (C=O) groups is 1. The van der Waals surface area contributed by atoms with Crippen LogP contribution < -0.4 is 4.72 Å². The van der Waals surface area contributed by atoms with Gasteiger partial charge in [-0.3, -0.25) is 9.52 Å². The highest BCUT2D eigenvalue weighted by molar-refractivity contribution is 7.92. The van der Waals surface area contributed by atoms with Crippen LogP contribution >= 0.6 is 11.3 Å². The molecule has 2 heterocycles. The van der Waals surface area contributed by atoms with E-state index in [1.165, 1.54) is 5.38 Å². The van der Waals surface area contributed by atoms with E-state index in [-0.39, 0.29) is 23.4 Å². The predicted molar refractivity (Wildman–Crippen MR) is 69.8 cm³/mol. The number of carboxylic acids is 1. The molecule has 7 nitrogen and oxygen atoms in total. The standard InChI is InChI=1S/C10H14N2O5S2/c13-9(14)4-7-5-18-10(11-7)12-19(15,16)6-8-2-1-3-17-8/h5,8H,1-4,6H2,(H,11,12)(H,13,14). The van der Waals surface area contributed by atoms with E-state index in [2.05, 4.69) is 9.71 Å². The molecule has 0 aromatic carbocycles. The Hall–Kier alpha value is -1.19. The van der Waals surface area contributed by atoms with Crippen molar-refractivity contribution in [3.63, 3.8) is 0 Å². The van der Waals surface area contributed by atoms with Crippen LogP contribution in [0.15, 0.2) is 5.38 Å². The average molecular weight is 306 g/mol. The lowest BCUT2D eigenvalue weighted by Crippen LogP contribution is -2.25. The lowest BCUT2D eigenvalue weighted by Gasteiger charge is -2.10. The summed E-state index contributed by atoms with van der Waals surface area (Å²) in [5, 5.41) is 10.3. The van der Waals surface area contributed by atoms with Crippen molar-refractivity contribution in [1.82, 2.24) is 4.98 Å². The van der Waals surface area contributed by atoms with Crippen LogP contribution in [0.2, 0.25) is 0 Å². The van der Waals surface area contributed by atoms with Gasteiger partial charge >= 0.3 is 5.97 Å². The Morgan fingerprint density at radius 1 is 1.63 bits per heavy atom. The maximum atomic E-state index is 11.8. The summed E-state index contributed by atoms with van der Waals surface area (Å²) < 4.78 is 31.3. The minimum Gasteiger partial charge on any atom is -0.481 e. The molecule has 1 saturated heterocycles. The lowest BCUT2D eigenvalue weighted by molar-refractivity contribution is -0.136. The summed E-state index contributed by atoms with van der Waals surface area (Å²) in [5.74, 6) is -1.10. The second kappa shape index (κ2) is 5.85. The fourth-order valence-corrected chi connectivity index (χ4v) is 4.06. The maximum Gasteiger partial charge on any atom is 0.309 e. The molecule has 19 heavy (non-hydrogen) atoms. The quantitative estimate of drug-likeness (QED) is 0.801. The van der Waals surface area contributed by atoms with Crippen LogP contribution in [0.3, 0.4) is 0 Å². The Labute approximate surface area is 114 Å². The van der Waals surface area contributed by atoms with Gasteiger partial charge in [0.2, 0.25) is 10.0 Å². The van der Waals surface area contributed by atoms with Gasteiger partial charge in [-0.15, -0.1) is 11.3 Å². The molecule has 0 spiro atoms. The molecule has 2 rings (SSSR count). The first-order valence-corrected chi connectivity index (χ1v) is 8.26. The Kier molecular flexibility index (Phi) is 4.38. The molecule has 106 valence electrons. The molecule has 1 fully saturated rings. The van der Waals surface area contributed by atoms with Crippen molar-refractivity contribution in [2.75, 3.05) is 17.1 Å². The Morgan fingerprint density at radius 3 is 3.05 bits per heavy atom. The van der Waals surface area contributed by atoms with E-state index in [1.807, 2.05) is 0 Å². The summed E-state index contributed by atoms with van der Waals surface area (Å²) in [6.07, 6.45) is 1.13. The number of anilines is 1. The number of aromatic nitrogens is 1. The van der Waals surface area contributed by atoms with E-state index in [0.717, 1.165) is 24.2 Å². The van der Waals surface area contributed by atoms with Gasteiger partial charge in [0, 0.05) is 12.0 Å². The average Bonchev–Trinajstić information content (AvgIpc) is 2.88. The number of hydrogen-bond acceptors (Lipinski definition) is 6. The SMILES string of the molecule is O=C(O)Cc1csc(NS(=O)(=O)CC2CCCO2)n1. The predicted octanol–water partition coefficient (Wildman–Crippen LogP) is 0.691. The molecule has 1 aromatic rings. The Morgan fingerprint density at radius 2 is 2.42 bits per heavy atom. The summed E-state index contributed by atoms with van der Waals surface area (Å²) in [6.45, 7) is 0.597. The highest BCUT2D eigenvalue weighted by atomic mass is 32.2. The number of sulfonamides is 1. The lowest BCUT2D eigenvalue weighted by atomic mass is 10.3. The zero-order valence-electron chi connectivity index (χ0n) is 10.0. The minimum absolute atomic E-state index is 0.0964. The van der Waals surface area contributed by atoms with Crippen molar-refractivity contribution in [2.24, 2.45) is 0 Å². The van der Waals surface area contributed by atoms with E-state index in [9.17, 15) is 13.2 Å². The van der Waals surface area contributed by atoms with Gasteiger partial charge in [0.15, 0.2) is 5.13 Å². The minimum atomic E-state index is -3.51. The molecule has 1 aromatic heterocycles. The van der Waals surface area contributed by atoms with Crippen LogP contribution in [0.25, 0.3) is 0 Å². The van der Waals surface area contributed by atoms with Crippen LogP contribution in [-0.2, 0) is 26.0 Å². The molecular weight excluding hydrogens is 292 g/mol. The third-order valence-electron chi connectivity index (χ3n) is 2.56. The van der Waals surface area contributed by atoms with Crippen LogP contribution in [0.5, 0.6) is 0 Å².